The van der Waals surface area contributed by atoms with Gasteiger partial charge in [-0.2, -0.15) is 0 Å². The molecule has 0 unspecified atom stereocenters. The number of anilines is 1. The lowest BCUT2D eigenvalue weighted by molar-refractivity contribution is 0.625. The molecule has 0 saturated heterocycles. The van der Waals surface area contributed by atoms with E-state index >= 15 is 0 Å². The van der Waals surface area contributed by atoms with Crippen molar-refractivity contribution in [3.63, 3.8) is 0 Å². The van der Waals surface area contributed by atoms with Gasteiger partial charge in [0.05, 0.1) is 0 Å². The summed E-state index contributed by atoms with van der Waals surface area (Å²) in [6.45, 7) is 3.17. The molecule has 16 heavy (non-hydrogen) atoms. The van der Waals surface area contributed by atoms with Crippen molar-refractivity contribution in [3.8, 4) is 0 Å². The van der Waals surface area contributed by atoms with E-state index in [-0.39, 0.29) is 5.82 Å². The molecule has 0 aromatic heterocycles. The average molecular weight is 244 g/mol. The van der Waals surface area contributed by atoms with Crippen molar-refractivity contribution in [2.75, 3.05) is 18.5 Å². The van der Waals surface area contributed by atoms with Gasteiger partial charge in [0.15, 0.2) is 0 Å². The Morgan fingerprint density at radius 2 is 2.06 bits per heavy atom. The molecule has 0 aliphatic rings. The lowest BCUT2D eigenvalue weighted by atomic mass is 10.1. The van der Waals surface area contributed by atoms with Crippen molar-refractivity contribution >= 4 is 17.3 Å². The van der Waals surface area contributed by atoms with Crippen molar-refractivity contribution in [2.45, 2.75) is 32.1 Å². The molecular weight excluding hydrogens is 225 g/mol. The lowest BCUT2D eigenvalue weighted by Crippen LogP contribution is -2.19. The summed E-state index contributed by atoms with van der Waals surface area (Å²) in [6.07, 6.45) is 3.59. The summed E-state index contributed by atoms with van der Waals surface area (Å²) in [5.41, 5.74) is 1.90. The normalized spacial score (nSPS) is 10.5. The van der Waals surface area contributed by atoms with E-state index in [1.807, 2.05) is 7.05 Å². The number of rotatable bonds is 6. The maximum Gasteiger partial charge on any atom is 0.123 e. The molecule has 0 saturated carbocycles. The monoisotopic (exact) mass is 243 g/mol. The van der Waals surface area contributed by atoms with E-state index in [0.29, 0.717) is 5.88 Å². The summed E-state index contributed by atoms with van der Waals surface area (Å²) in [6, 6.07) is 4.80. The van der Waals surface area contributed by atoms with Gasteiger partial charge in [0.25, 0.3) is 0 Å². The van der Waals surface area contributed by atoms with Crippen LogP contribution in [0.1, 0.15) is 31.7 Å². The van der Waals surface area contributed by atoms with E-state index in [1.165, 1.54) is 25.0 Å². The first-order valence-corrected chi connectivity index (χ1v) is 6.28. The molecule has 0 N–H and O–H groups in total. The fourth-order valence-electron chi connectivity index (χ4n) is 1.75. The van der Waals surface area contributed by atoms with E-state index in [9.17, 15) is 4.39 Å². The molecule has 3 heteroatoms. The van der Waals surface area contributed by atoms with E-state index in [4.69, 9.17) is 11.6 Å². The Bertz CT molecular complexity index is 328. The standard InChI is InChI=1S/C13H19ClFN/c1-3-4-5-8-16(2)13-7-6-12(15)9-11(13)10-14/h6-7,9H,3-5,8,10H2,1-2H3. The third-order valence-corrected chi connectivity index (χ3v) is 2.98. The van der Waals surface area contributed by atoms with E-state index in [2.05, 4.69) is 11.8 Å². The minimum absolute atomic E-state index is 0.221. The molecule has 0 bridgehead atoms. The van der Waals surface area contributed by atoms with Gasteiger partial charge in [0, 0.05) is 25.2 Å². The van der Waals surface area contributed by atoms with Crippen molar-refractivity contribution in [1.82, 2.24) is 0 Å². The van der Waals surface area contributed by atoms with E-state index in [0.717, 1.165) is 24.2 Å². The van der Waals surface area contributed by atoms with Crippen LogP contribution < -0.4 is 4.90 Å². The zero-order valence-corrected chi connectivity index (χ0v) is 10.7. The molecule has 1 nitrogen and oxygen atoms in total. The summed E-state index contributed by atoms with van der Waals surface area (Å²) in [5, 5.41) is 0. The van der Waals surface area contributed by atoms with Gasteiger partial charge in [-0.05, 0) is 30.2 Å². The van der Waals surface area contributed by atoms with Crippen LogP contribution in [0.2, 0.25) is 0 Å². The van der Waals surface area contributed by atoms with Crippen LogP contribution >= 0.6 is 11.6 Å². The maximum atomic E-state index is 13.0. The number of nitrogens with zero attached hydrogens (tertiary/aromatic N) is 1. The lowest BCUT2D eigenvalue weighted by Gasteiger charge is -2.21. The Labute approximate surface area is 102 Å². The van der Waals surface area contributed by atoms with Crippen LogP contribution in [0.15, 0.2) is 18.2 Å². The SMILES string of the molecule is CCCCCN(C)c1ccc(F)cc1CCl. The van der Waals surface area contributed by atoms with E-state index < -0.39 is 0 Å². The zero-order valence-electron chi connectivity index (χ0n) is 9.97. The highest BCUT2D eigenvalue weighted by Gasteiger charge is 2.07. The zero-order chi connectivity index (χ0) is 12.0. The van der Waals surface area contributed by atoms with Crippen LogP contribution in [0.4, 0.5) is 10.1 Å². The molecule has 0 heterocycles. The Morgan fingerprint density at radius 1 is 1.31 bits per heavy atom. The predicted molar refractivity (Wildman–Crippen MR) is 68.8 cm³/mol. The third kappa shape index (κ3) is 3.67. The number of benzene rings is 1. The van der Waals surface area contributed by atoms with Gasteiger partial charge in [-0.25, -0.2) is 4.39 Å². The number of hydrogen-bond donors (Lipinski definition) is 0. The Balaban J connectivity index is 2.70. The number of unbranched alkanes of at least 4 members (excludes halogenated alkanes) is 2. The van der Waals surface area contributed by atoms with Crippen molar-refractivity contribution in [3.05, 3.63) is 29.6 Å². The van der Waals surface area contributed by atoms with Crippen molar-refractivity contribution in [1.29, 1.82) is 0 Å². The second-order valence-corrected chi connectivity index (χ2v) is 4.30. The fraction of sp³-hybridized carbons (Fsp3) is 0.538. The first-order chi connectivity index (χ1) is 7.69. The van der Waals surface area contributed by atoms with Crippen LogP contribution in [0.5, 0.6) is 0 Å². The van der Waals surface area contributed by atoms with E-state index in [1.54, 1.807) is 6.07 Å². The highest BCUT2D eigenvalue weighted by molar-refractivity contribution is 6.17. The Kier molecular flexibility index (Phi) is 5.61. The van der Waals surface area contributed by atoms with Crippen LogP contribution in [-0.2, 0) is 5.88 Å². The summed E-state index contributed by atoms with van der Waals surface area (Å²) in [5.74, 6) is 0.131. The van der Waals surface area contributed by atoms with Gasteiger partial charge in [-0.15, -0.1) is 11.6 Å². The first kappa shape index (κ1) is 13.3. The molecule has 90 valence electrons. The molecule has 1 aromatic rings. The number of halogens is 2. The van der Waals surface area contributed by atoms with Crippen LogP contribution in [-0.4, -0.2) is 13.6 Å². The third-order valence-electron chi connectivity index (χ3n) is 2.69. The fourth-order valence-corrected chi connectivity index (χ4v) is 1.97. The van der Waals surface area contributed by atoms with Gasteiger partial charge in [-0.1, -0.05) is 19.8 Å². The Hall–Kier alpha value is -0.760. The van der Waals surface area contributed by atoms with Gasteiger partial charge < -0.3 is 4.90 Å². The average Bonchev–Trinajstić information content (AvgIpc) is 2.29. The highest BCUT2D eigenvalue weighted by atomic mass is 35.5. The quantitative estimate of drug-likeness (QED) is 0.535. The van der Waals surface area contributed by atoms with Gasteiger partial charge in [-0.3, -0.25) is 0 Å². The molecule has 1 aromatic carbocycles. The van der Waals surface area contributed by atoms with Crippen molar-refractivity contribution in [2.24, 2.45) is 0 Å². The summed E-state index contributed by atoms with van der Waals surface area (Å²) >= 11 is 5.82. The highest BCUT2D eigenvalue weighted by Crippen LogP contribution is 2.22. The number of hydrogen-bond acceptors (Lipinski definition) is 1. The van der Waals surface area contributed by atoms with Crippen LogP contribution in [0.3, 0.4) is 0 Å². The number of alkyl halides is 1. The molecule has 0 fully saturated rings. The van der Waals surface area contributed by atoms with Crippen molar-refractivity contribution < 1.29 is 4.39 Å². The molecule has 0 amide bonds. The minimum Gasteiger partial charge on any atom is -0.374 e. The topological polar surface area (TPSA) is 3.24 Å². The predicted octanol–water partition coefficient (Wildman–Crippen LogP) is 4.19. The molecule has 0 aliphatic heterocycles. The molecule has 0 atom stereocenters. The summed E-state index contributed by atoms with van der Waals surface area (Å²) in [7, 11) is 2.03. The molecule has 0 aliphatic carbocycles. The second kappa shape index (κ2) is 6.74. The summed E-state index contributed by atoms with van der Waals surface area (Å²) in [4.78, 5) is 2.15. The first-order valence-electron chi connectivity index (χ1n) is 5.74. The van der Waals surface area contributed by atoms with Gasteiger partial charge >= 0.3 is 0 Å². The Morgan fingerprint density at radius 3 is 2.69 bits per heavy atom. The summed E-state index contributed by atoms with van der Waals surface area (Å²) < 4.78 is 13.0. The molecule has 1 rings (SSSR count). The molecule has 0 radical (unpaired) electrons. The van der Waals surface area contributed by atoms with Crippen LogP contribution in [0, 0.1) is 5.82 Å². The van der Waals surface area contributed by atoms with Crippen LogP contribution in [0.25, 0.3) is 0 Å². The largest absolute Gasteiger partial charge is 0.374 e. The molecule has 0 spiro atoms. The minimum atomic E-state index is -0.221. The smallest absolute Gasteiger partial charge is 0.123 e. The second-order valence-electron chi connectivity index (χ2n) is 4.04. The van der Waals surface area contributed by atoms with Gasteiger partial charge in [0.1, 0.15) is 5.82 Å². The van der Waals surface area contributed by atoms with Gasteiger partial charge in [0.2, 0.25) is 0 Å². The maximum absolute atomic E-state index is 13.0. The molecular formula is C13H19ClFN.